The predicted octanol–water partition coefficient (Wildman–Crippen LogP) is -2.94. The van der Waals surface area contributed by atoms with E-state index < -0.39 is 204 Å². The van der Waals surface area contributed by atoms with E-state index in [-0.39, 0.29) is 39.8 Å². The number of ketones is 1. The molecule has 12 N–H and O–H groups in total. The SMILES string of the molecule is COC1C(O)C(COS(=O)(=O)O)OC(OC2C(O)C(OC3C(C)OC(OC4C(OC5CCC6(C)C7CCC8(C)C(C(C)=O)CCC8(C)C7=CCC6C5(C)C)OCC(OS(=O)(=O)O)C4O)C(OC4OCC(O)C(O)C4O)C3O)OC(OS(=O)(=O)O)C2O)C1O. The molecule has 0 aromatic carbocycles. The second-order valence-electron chi connectivity index (χ2n) is 25.9. The van der Waals surface area contributed by atoms with E-state index >= 15 is 0 Å². The number of Topliss-reactive ketones (excluding diaryl/α,β-unsaturated/α-hetero) is 1. The zero-order valence-corrected chi connectivity index (χ0v) is 51.9. The van der Waals surface area contributed by atoms with Crippen molar-refractivity contribution in [1.29, 1.82) is 0 Å². The Morgan fingerprint density at radius 1 is 0.580 bits per heavy atom. The van der Waals surface area contributed by atoms with Crippen LogP contribution in [0.3, 0.4) is 0 Å². The second-order valence-corrected chi connectivity index (χ2v) is 29.1. The Morgan fingerprint density at radius 2 is 1.17 bits per heavy atom. The Bertz CT molecular complexity index is 2850. The lowest BCUT2D eigenvalue weighted by atomic mass is 9.41. The monoisotopic (exact) mass is 1330 g/mol. The molecule has 88 heavy (non-hydrogen) atoms. The zero-order valence-electron chi connectivity index (χ0n) is 49.4. The van der Waals surface area contributed by atoms with Gasteiger partial charge in [-0.3, -0.25) is 18.5 Å². The van der Waals surface area contributed by atoms with Crippen LogP contribution in [0.25, 0.3) is 0 Å². The molecule has 5 aliphatic heterocycles. The van der Waals surface area contributed by atoms with Gasteiger partial charge in [0, 0.05) is 13.0 Å². The summed E-state index contributed by atoms with van der Waals surface area (Å²) in [5.74, 6) is 0.356. The molecule has 0 aromatic heterocycles. The third-order valence-electron chi connectivity index (χ3n) is 20.6. The summed E-state index contributed by atoms with van der Waals surface area (Å²) in [6.45, 7) is 11.4. The van der Waals surface area contributed by atoms with Crippen LogP contribution in [-0.4, -0.2) is 265 Å². The number of hydrogen-bond acceptors (Lipinski definition) is 30. The molecule has 0 bridgehead atoms. The summed E-state index contributed by atoms with van der Waals surface area (Å²) in [5, 5.41) is 102. The summed E-state index contributed by atoms with van der Waals surface area (Å²) < 4.78 is 179. The molecule has 9 rings (SSSR count). The van der Waals surface area contributed by atoms with E-state index in [1.165, 1.54) is 12.5 Å². The maximum absolute atomic E-state index is 13.0. The van der Waals surface area contributed by atoms with Crippen LogP contribution in [0.2, 0.25) is 0 Å². The van der Waals surface area contributed by atoms with Gasteiger partial charge in [0.15, 0.2) is 31.5 Å². The van der Waals surface area contributed by atoms with E-state index in [0.717, 1.165) is 32.8 Å². The lowest BCUT2D eigenvalue weighted by molar-refractivity contribution is -0.409. The van der Waals surface area contributed by atoms with Crippen LogP contribution in [0.1, 0.15) is 93.4 Å². The van der Waals surface area contributed by atoms with Gasteiger partial charge in [-0.05, 0) is 92.3 Å². The van der Waals surface area contributed by atoms with Crippen molar-refractivity contribution in [3.63, 3.8) is 0 Å². The van der Waals surface area contributed by atoms with Gasteiger partial charge in [0.25, 0.3) is 0 Å². The van der Waals surface area contributed by atoms with Crippen molar-refractivity contribution >= 4 is 37.0 Å². The van der Waals surface area contributed by atoms with Crippen molar-refractivity contribution < 1.29 is 154 Å². The highest BCUT2D eigenvalue weighted by Crippen LogP contribution is 2.73. The Kier molecular flexibility index (Phi) is 20.9. The van der Waals surface area contributed by atoms with Gasteiger partial charge >= 0.3 is 31.2 Å². The molecule has 30 atom stereocenters. The summed E-state index contributed by atoms with van der Waals surface area (Å²) >= 11 is 0. The average molecular weight is 1330 g/mol. The van der Waals surface area contributed by atoms with E-state index in [9.17, 15) is 89.7 Å². The highest BCUT2D eigenvalue weighted by atomic mass is 32.3. The number of aliphatic hydroxyl groups excluding tert-OH is 9. The summed E-state index contributed by atoms with van der Waals surface area (Å²) in [5.41, 5.74) is 0.107. The lowest BCUT2D eigenvalue weighted by Crippen LogP contribution is -2.68. The highest BCUT2D eigenvalue weighted by molar-refractivity contribution is 7.81. The fourth-order valence-electron chi connectivity index (χ4n) is 15.8. The predicted molar refractivity (Wildman–Crippen MR) is 287 cm³/mol. The molecule has 3 saturated carbocycles. The second kappa shape index (κ2) is 26.1. The first-order valence-electron chi connectivity index (χ1n) is 29.0. The molecule has 9 aliphatic rings. The maximum atomic E-state index is 13.0. The van der Waals surface area contributed by atoms with Crippen molar-refractivity contribution in [1.82, 2.24) is 0 Å². The molecule has 5 heterocycles. The van der Waals surface area contributed by atoms with E-state index in [4.69, 9.17) is 56.3 Å². The first kappa shape index (κ1) is 70.5. The standard InChI is InChI=1S/C52H84O33S3/c1-20(53)22-11-15-52(7)24-9-10-28-49(3,4)29(13-14-50(28,5)23(24)12-16-51(22,52)6)78-47-41(32(57)27(18-74-47)84-87(66,67)68)82-48-42(81-43-33(58)30(55)25(54)17-73-43)34(59)38(21(2)76-48)79-45-36(61)40(37(62)46(83-45)85-88(69,70)71)80-44-35(60)39(72-8)31(56)26(77-44)19-75-86(63,64)65/h9,21-23,25-48,54-62H,10-19H2,1-8H3,(H,63,64,65)(H,66,67,68)(H,69,70,71). The van der Waals surface area contributed by atoms with Gasteiger partial charge in [-0.2, -0.15) is 25.3 Å². The molecule has 36 heteroatoms. The molecule has 4 aliphatic carbocycles. The van der Waals surface area contributed by atoms with Crippen molar-refractivity contribution in [2.75, 3.05) is 26.9 Å². The minimum atomic E-state index is -5.60. The topological polar surface area (TPSA) is 491 Å². The summed E-state index contributed by atoms with van der Waals surface area (Å²) in [6.07, 6.45) is -40.1. The molecular formula is C52H84O33S3. The van der Waals surface area contributed by atoms with Crippen LogP contribution in [-0.2, 0) is 101 Å². The van der Waals surface area contributed by atoms with Gasteiger partial charge in [-0.25, -0.2) is 12.5 Å². The van der Waals surface area contributed by atoms with E-state index in [0.29, 0.717) is 19.3 Å². The molecule has 0 radical (unpaired) electrons. The summed E-state index contributed by atoms with van der Waals surface area (Å²) in [6, 6.07) is 0. The van der Waals surface area contributed by atoms with E-state index in [2.05, 4.69) is 49.1 Å². The number of carbonyl (C=O) groups is 1. The Balaban J connectivity index is 0.995. The number of aliphatic hydroxyl groups is 9. The van der Waals surface area contributed by atoms with Gasteiger partial charge in [0.2, 0.25) is 6.29 Å². The van der Waals surface area contributed by atoms with Crippen LogP contribution in [0, 0.1) is 39.4 Å². The van der Waals surface area contributed by atoms with Crippen molar-refractivity contribution in [3.8, 4) is 0 Å². The van der Waals surface area contributed by atoms with Crippen LogP contribution < -0.4 is 0 Å². The minimum absolute atomic E-state index is 0.000944. The number of hydrogen-bond donors (Lipinski definition) is 12. The number of methoxy groups -OCH3 is 1. The maximum Gasteiger partial charge on any atom is 0.399 e. The number of ether oxygens (including phenoxy) is 11. The summed E-state index contributed by atoms with van der Waals surface area (Å²) in [7, 11) is -15.1. The van der Waals surface area contributed by atoms with Gasteiger partial charge < -0.3 is 98.1 Å². The molecule has 0 amide bonds. The third kappa shape index (κ3) is 13.7. The Labute approximate surface area is 508 Å². The molecule has 0 spiro atoms. The largest absolute Gasteiger partial charge is 0.399 e. The average Bonchev–Trinajstić information content (AvgIpc) is 1.31. The van der Waals surface area contributed by atoms with Crippen molar-refractivity contribution in [2.45, 2.75) is 241 Å². The highest BCUT2D eigenvalue weighted by Gasteiger charge is 2.67. The third-order valence-corrected chi connectivity index (χ3v) is 22.0. The fourth-order valence-corrected chi connectivity index (χ4v) is 17.0. The van der Waals surface area contributed by atoms with Crippen LogP contribution in [0.5, 0.6) is 0 Å². The fraction of sp³-hybridized carbons (Fsp3) is 0.942. The Morgan fingerprint density at radius 3 is 1.81 bits per heavy atom. The molecule has 5 saturated heterocycles. The van der Waals surface area contributed by atoms with Crippen molar-refractivity contribution in [2.24, 2.45) is 39.4 Å². The molecule has 508 valence electrons. The number of allylic oxidation sites excluding steroid dienone is 2. The van der Waals surface area contributed by atoms with E-state index in [1.807, 2.05) is 0 Å². The molecule has 33 nitrogen and oxygen atoms in total. The van der Waals surface area contributed by atoms with Crippen LogP contribution >= 0.6 is 0 Å². The van der Waals surface area contributed by atoms with Gasteiger partial charge in [-0.1, -0.05) is 46.3 Å². The molecule has 0 aromatic rings. The first-order valence-corrected chi connectivity index (χ1v) is 33.1. The lowest BCUT2D eigenvalue weighted by Gasteiger charge is -2.64. The number of carbonyl (C=O) groups excluding carboxylic acids is 1. The Hall–Kier alpha value is -1.78. The van der Waals surface area contributed by atoms with Crippen LogP contribution in [0.15, 0.2) is 11.6 Å². The summed E-state index contributed by atoms with van der Waals surface area (Å²) in [4.78, 5) is 13.0. The minimum Gasteiger partial charge on any atom is -0.388 e. The zero-order chi connectivity index (χ0) is 64.9. The normalized spacial score (nSPS) is 49.2. The van der Waals surface area contributed by atoms with Gasteiger partial charge in [0.05, 0.1) is 32.0 Å². The molecule has 30 unspecified atom stereocenters. The first-order chi connectivity index (χ1) is 40.7. The van der Waals surface area contributed by atoms with Crippen molar-refractivity contribution in [3.05, 3.63) is 11.6 Å². The van der Waals surface area contributed by atoms with E-state index in [1.54, 1.807) is 6.92 Å². The van der Waals surface area contributed by atoms with Gasteiger partial charge in [-0.15, -0.1) is 0 Å². The van der Waals surface area contributed by atoms with Gasteiger partial charge in [0.1, 0.15) is 103 Å². The smallest absolute Gasteiger partial charge is 0.388 e. The number of fused-ring (bicyclic) bond motifs is 5. The molecule has 8 fully saturated rings. The molecular weight excluding hydrogens is 1250 g/mol. The quantitative estimate of drug-likeness (QED) is 0.0455. The van der Waals surface area contributed by atoms with Crippen LogP contribution in [0.4, 0.5) is 0 Å². The number of rotatable bonds is 19.